The van der Waals surface area contributed by atoms with Crippen molar-refractivity contribution in [2.45, 2.75) is 13.5 Å². The van der Waals surface area contributed by atoms with Crippen LogP contribution in [0.5, 0.6) is 5.75 Å². The predicted molar refractivity (Wildman–Crippen MR) is 65.6 cm³/mol. The third-order valence-corrected chi connectivity index (χ3v) is 2.49. The number of aromatic carboxylic acids is 1. The fraction of sp³-hybridized carbons (Fsp3) is 0.167. The molecule has 0 atom stereocenters. The number of carbonyl (C=O) groups is 1. The Labute approximate surface area is 112 Å². The van der Waals surface area contributed by atoms with Crippen molar-refractivity contribution in [3.8, 4) is 5.75 Å². The van der Waals surface area contributed by atoms with Crippen molar-refractivity contribution in [3.63, 3.8) is 0 Å². The number of aromatic nitrogens is 1. The Morgan fingerprint density at radius 2 is 2.35 bits per heavy atom. The fourth-order valence-corrected chi connectivity index (χ4v) is 1.61. The molecule has 0 bridgehead atoms. The van der Waals surface area contributed by atoms with Crippen LogP contribution in [0.1, 0.15) is 21.9 Å². The number of pyridine rings is 1. The van der Waals surface area contributed by atoms with E-state index >= 15 is 0 Å². The maximum atomic E-state index is 10.9. The van der Waals surface area contributed by atoms with Crippen LogP contribution >= 0.6 is 0 Å². The Morgan fingerprint density at radius 1 is 1.60 bits per heavy atom. The van der Waals surface area contributed by atoms with Gasteiger partial charge >= 0.3 is 11.8 Å². The number of furan rings is 1. The van der Waals surface area contributed by atoms with E-state index < -0.39 is 16.7 Å². The lowest BCUT2D eigenvalue weighted by Crippen LogP contribution is -2.00. The molecule has 20 heavy (non-hydrogen) atoms. The Kier molecular flexibility index (Phi) is 3.65. The van der Waals surface area contributed by atoms with Crippen LogP contribution in [-0.2, 0) is 6.61 Å². The lowest BCUT2D eigenvalue weighted by Gasteiger charge is -2.03. The Morgan fingerprint density at radius 3 is 2.95 bits per heavy atom. The van der Waals surface area contributed by atoms with Crippen molar-refractivity contribution >= 4 is 11.8 Å². The Balaban J connectivity index is 2.15. The number of carboxylic acids is 1. The highest BCUT2D eigenvalue weighted by Gasteiger charge is 2.18. The predicted octanol–water partition coefficient (Wildman–Crippen LogP) is 2.17. The molecule has 1 N–H and O–H groups in total. The summed E-state index contributed by atoms with van der Waals surface area (Å²) in [5.41, 5.74) is 0.0317. The third-order valence-electron chi connectivity index (χ3n) is 2.49. The zero-order valence-corrected chi connectivity index (χ0v) is 10.4. The van der Waals surface area contributed by atoms with Crippen molar-refractivity contribution in [2.24, 2.45) is 0 Å². The van der Waals surface area contributed by atoms with E-state index in [2.05, 4.69) is 4.98 Å². The molecule has 2 rings (SSSR count). The first-order valence-electron chi connectivity index (χ1n) is 5.54. The number of nitro groups is 1. The average Bonchev–Trinajstić information content (AvgIpc) is 2.78. The molecule has 0 aliphatic carbocycles. The van der Waals surface area contributed by atoms with E-state index in [1.807, 2.05) is 0 Å². The lowest BCUT2D eigenvalue weighted by atomic mass is 10.2. The molecule has 0 saturated heterocycles. The molecule has 0 spiro atoms. The SMILES string of the molecule is Cc1oc(COc2cccnc2[N+](=O)[O-])cc1C(=O)O. The minimum atomic E-state index is -1.11. The smallest absolute Gasteiger partial charge is 0.406 e. The van der Waals surface area contributed by atoms with Crippen molar-refractivity contribution in [3.05, 3.63) is 51.6 Å². The van der Waals surface area contributed by atoms with Gasteiger partial charge in [0, 0.05) is 0 Å². The lowest BCUT2D eigenvalue weighted by molar-refractivity contribution is -0.390. The Bertz CT molecular complexity index is 664. The van der Waals surface area contributed by atoms with E-state index in [9.17, 15) is 14.9 Å². The number of hydrogen-bond donors (Lipinski definition) is 1. The van der Waals surface area contributed by atoms with Gasteiger partial charge in [-0.3, -0.25) is 0 Å². The van der Waals surface area contributed by atoms with Gasteiger partial charge in [0.2, 0.25) is 5.75 Å². The van der Waals surface area contributed by atoms with Gasteiger partial charge < -0.3 is 24.4 Å². The van der Waals surface area contributed by atoms with Crippen LogP contribution in [0.4, 0.5) is 5.82 Å². The van der Waals surface area contributed by atoms with Crippen LogP contribution in [0.2, 0.25) is 0 Å². The molecular weight excluding hydrogens is 268 g/mol. The molecule has 2 heterocycles. The van der Waals surface area contributed by atoms with E-state index in [0.717, 1.165) is 0 Å². The summed E-state index contributed by atoms with van der Waals surface area (Å²) < 4.78 is 10.4. The molecular formula is C12H10N2O6. The second-order valence-electron chi connectivity index (χ2n) is 3.86. The molecule has 104 valence electrons. The minimum absolute atomic E-state index is 0.0107. The van der Waals surface area contributed by atoms with Gasteiger partial charge in [-0.2, -0.15) is 0 Å². The van der Waals surface area contributed by atoms with Crippen LogP contribution in [0.15, 0.2) is 28.8 Å². The monoisotopic (exact) mass is 278 g/mol. The molecule has 2 aromatic rings. The summed E-state index contributed by atoms with van der Waals surface area (Å²) in [6, 6.07) is 4.22. The standard InChI is InChI=1S/C12H10N2O6/c1-7-9(12(15)16)5-8(20-7)6-19-10-3-2-4-13-11(10)14(17)18/h2-5H,6H2,1H3,(H,15,16). The first-order valence-corrected chi connectivity index (χ1v) is 5.54. The molecule has 0 saturated carbocycles. The summed E-state index contributed by atoms with van der Waals surface area (Å²) in [6.45, 7) is 1.39. The van der Waals surface area contributed by atoms with Gasteiger partial charge in [0.05, 0.1) is 0 Å². The summed E-state index contributed by atoms with van der Waals surface area (Å²) >= 11 is 0. The quantitative estimate of drug-likeness (QED) is 0.658. The molecule has 0 unspecified atom stereocenters. The summed E-state index contributed by atoms with van der Waals surface area (Å²) in [7, 11) is 0. The molecule has 0 fully saturated rings. The van der Waals surface area contributed by atoms with Gasteiger partial charge in [-0.1, -0.05) is 0 Å². The zero-order valence-electron chi connectivity index (χ0n) is 10.4. The van der Waals surface area contributed by atoms with E-state index in [4.69, 9.17) is 14.3 Å². The van der Waals surface area contributed by atoms with E-state index in [1.54, 1.807) is 0 Å². The largest absolute Gasteiger partial charge is 0.478 e. The zero-order chi connectivity index (χ0) is 14.7. The molecule has 0 amide bonds. The highest BCUT2D eigenvalue weighted by atomic mass is 16.6. The van der Waals surface area contributed by atoms with Crippen LogP contribution < -0.4 is 4.74 Å². The van der Waals surface area contributed by atoms with Gasteiger partial charge in [-0.25, -0.2) is 4.79 Å². The molecule has 8 heteroatoms. The van der Waals surface area contributed by atoms with Crippen LogP contribution in [-0.4, -0.2) is 21.0 Å². The topological polar surface area (TPSA) is 116 Å². The molecule has 0 aliphatic rings. The fourth-order valence-electron chi connectivity index (χ4n) is 1.61. The van der Waals surface area contributed by atoms with E-state index in [0.29, 0.717) is 0 Å². The molecule has 0 aromatic carbocycles. The second-order valence-corrected chi connectivity index (χ2v) is 3.86. The number of carboxylic acid groups (broad SMARTS) is 1. The van der Waals surface area contributed by atoms with Crippen molar-refractivity contribution < 1.29 is 24.0 Å². The minimum Gasteiger partial charge on any atom is -0.478 e. The average molecular weight is 278 g/mol. The van der Waals surface area contributed by atoms with Gasteiger partial charge in [0.25, 0.3) is 0 Å². The molecule has 0 aliphatic heterocycles. The summed E-state index contributed by atoms with van der Waals surface area (Å²) in [5, 5.41) is 19.6. The summed E-state index contributed by atoms with van der Waals surface area (Å²) in [6.07, 6.45) is 1.28. The molecule has 0 radical (unpaired) electrons. The number of ether oxygens (including phenoxy) is 1. The maximum absolute atomic E-state index is 10.9. The number of nitrogens with zero attached hydrogens (tertiary/aromatic N) is 2. The van der Waals surface area contributed by atoms with Gasteiger partial charge in [-0.05, 0) is 35.0 Å². The molecule has 8 nitrogen and oxygen atoms in total. The second kappa shape index (κ2) is 5.39. The Hall–Kier alpha value is -2.90. The number of hydrogen-bond acceptors (Lipinski definition) is 6. The van der Waals surface area contributed by atoms with Gasteiger partial charge in [0.15, 0.2) is 0 Å². The number of rotatable bonds is 5. The summed E-state index contributed by atoms with van der Waals surface area (Å²) in [5.74, 6) is -1.02. The van der Waals surface area contributed by atoms with Crippen molar-refractivity contribution in [1.82, 2.24) is 4.98 Å². The molecule has 2 aromatic heterocycles. The normalized spacial score (nSPS) is 10.2. The van der Waals surface area contributed by atoms with Crippen molar-refractivity contribution in [2.75, 3.05) is 0 Å². The maximum Gasteiger partial charge on any atom is 0.406 e. The summed E-state index contributed by atoms with van der Waals surface area (Å²) in [4.78, 5) is 24.5. The highest BCUT2D eigenvalue weighted by Crippen LogP contribution is 2.24. The van der Waals surface area contributed by atoms with Gasteiger partial charge in [0.1, 0.15) is 29.9 Å². The third kappa shape index (κ3) is 2.74. The van der Waals surface area contributed by atoms with Crippen LogP contribution in [0.3, 0.4) is 0 Å². The van der Waals surface area contributed by atoms with Crippen molar-refractivity contribution in [1.29, 1.82) is 0 Å². The van der Waals surface area contributed by atoms with Gasteiger partial charge in [-0.15, -0.1) is 0 Å². The van der Waals surface area contributed by atoms with E-state index in [-0.39, 0.29) is 29.4 Å². The number of aryl methyl sites for hydroxylation is 1. The highest BCUT2D eigenvalue weighted by molar-refractivity contribution is 5.88. The van der Waals surface area contributed by atoms with E-state index in [1.165, 1.54) is 31.3 Å². The van der Waals surface area contributed by atoms with Crippen LogP contribution in [0.25, 0.3) is 0 Å². The first kappa shape index (κ1) is 13.5. The first-order chi connectivity index (χ1) is 9.49. The van der Waals surface area contributed by atoms with Crippen LogP contribution in [0, 0.1) is 17.0 Å².